The number of thioether (sulfide) groups is 1. The summed E-state index contributed by atoms with van der Waals surface area (Å²) in [5, 5.41) is 0. The lowest BCUT2D eigenvalue weighted by Gasteiger charge is -2.07. The van der Waals surface area contributed by atoms with Crippen LogP contribution in [-0.4, -0.2) is 19.7 Å². The summed E-state index contributed by atoms with van der Waals surface area (Å²) < 4.78 is 39.9. The van der Waals surface area contributed by atoms with Gasteiger partial charge in [-0.15, -0.1) is 11.8 Å². The first-order valence-corrected chi connectivity index (χ1v) is 8.17. The fourth-order valence-electron chi connectivity index (χ4n) is 2.22. The summed E-state index contributed by atoms with van der Waals surface area (Å²) in [6.45, 7) is 2.03. The molecule has 8 heteroatoms. The number of rotatable bonds is 3. The molecule has 0 spiro atoms. The molecule has 0 fully saturated rings. The molecule has 0 radical (unpaired) electrons. The zero-order valence-corrected chi connectivity index (χ0v) is 13.7. The van der Waals surface area contributed by atoms with E-state index >= 15 is 0 Å². The van der Waals surface area contributed by atoms with Crippen molar-refractivity contribution in [2.24, 2.45) is 0 Å². The molecule has 2 aromatic heterocycles. The lowest BCUT2D eigenvalue weighted by atomic mass is 10.2. The predicted molar refractivity (Wildman–Crippen MR) is 88.7 cm³/mol. The Balaban J connectivity index is 2.18. The lowest BCUT2D eigenvalue weighted by molar-refractivity contribution is -0.137. The number of nitrogens with zero attached hydrogens (tertiary/aromatic N) is 3. The van der Waals surface area contributed by atoms with Gasteiger partial charge in [-0.2, -0.15) is 13.2 Å². The average molecular weight is 355 g/mol. The van der Waals surface area contributed by atoms with E-state index in [1.165, 1.54) is 3.97 Å². The summed E-state index contributed by atoms with van der Waals surface area (Å²) >= 11 is 5.98. The highest BCUT2D eigenvalue weighted by molar-refractivity contribution is 7.99. The Morgan fingerprint density at radius 3 is 2.70 bits per heavy atom. The van der Waals surface area contributed by atoms with Crippen molar-refractivity contribution in [1.82, 2.24) is 13.9 Å². The monoisotopic (exact) mass is 355 g/mol. The molecule has 3 nitrogen and oxygen atoms in total. The van der Waals surface area contributed by atoms with Gasteiger partial charge in [-0.3, -0.25) is 3.97 Å². The first-order chi connectivity index (χ1) is 10.9. The second kappa shape index (κ2) is 6.09. The third-order valence-corrected chi connectivity index (χ3v) is 4.56. The molecule has 0 aliphatic carbocycles. The number of benzene rings is 1. The molecule has 0 saturated heterocycles. The maximum Gasteiger partial charge on any atom is 0.417 e. The molecule has 0 atom stereocenters. The molecule has 0 unspecified atom stereocenters. The number of fused-ring (bicyclic) bond motifs is 1. The van der Waals surface area contributed by atoms with Crippen LogP contribution in [0.1, 0.15) is 12.5 Å². The van der Waals surface area contributed by atoms with Crippen LogP contribution in [-0.2, 0) is 6.18 Å². The molecule has 0 amide bonds. The zero-order chi connectivity index (χ0) is 16.6. The quantitative estimate of drug-likeness (QED) is 0.534. The Bertz CT molecular complexity index is 859. The van der Waals surface area contributed by atoms with Gasteiger partial charge in [-0.25, -0.2) is 9.97 Å². The Kier molecular flexibility index (Phi) is 4.29. The van der Waals surface area contributed by atoms with Crippen molar-refractivity contribution in [2.45, 2.75) is 18.0 Å². The second-order valence-corrected chi connectivity index (χ2v) is 6.45. The fraction of sp³-hybridized carbons (Fsp3) is 0.200. The summed E-state index contributed by atoms with van der Waals surface area (Å²) in [6, 6.07) is 8.58. The highest BCUT2D eigenvalue weighted by atomic mass is 32.2. The van der Waals surface area contributed by atoms with Gasteiger partial charge in [0.1, 0.15) is 5.52 Å². The van der Waals surface area contributed by atoms with Crippen LogP contribution in [0.25, 0.3) is 22.6 Å². The third-order valence-electron chi connectivity index (χ3n) is 3.23. The van der Waals surface area contributed by atoms with Crippen LogP contribution < -0.4 is 0 Å². The Labute approximate surface area is 140 Å². The molecule has 1 aromatic carbocycles. The molecule has 0 saturated carbocycles. The molecule has 3 aromatic rings. The minimum atomic E-state index is -4.45. The van der Waals surface area contributed by atoms with E-state index < -0.39 is 11.7 Å². The molecule has 120 valence electrons. The summed E-state index contributed by atoms with van der Waals surface area (Å²) in [7, 11) is 0. The van der Waals surface area contributed by atoms with Crippen LogP contribution in [0.5, 0.6) is 0 Å². The predicted octanol–water partition coefficient (Wildman–Crippen LogP) is 4.92. The molecule has 23 heavy (non-hydrogen) atoms. The van der Waals surface area contributed by atoms with Crippen molar-refractivity contribution >= 4 is 35.7 Å². The van der Waals surface area contributed by atoms with Crippen molar-refractivity contribution in [3.8, 4) is 11.4 Å². The van der Waals surface area contributed by atoms with Crippen molar-refractivity contribution in [3.05, 3.63) is 42.1 Å². The van der Waals surface area contributed by atoms with E-state index in [0.717, 1.165) is 28.5 Å². The van der Waals surface area contributed by atoms with E-state index in [1.807, 2.05) is 31.2 Å². The minimum absolute atomic E-state index is 0.168. The van der Waals surface area contributed by atoms with Gasteiger partial charge in [0.2, 0.25) is 0 Å². The van der Waals surface area contributed by atoms with E-state index in [2.05, 4.69) is 22.8 Å². The SMILES string of the molecule is CCSc1ccccc1-c1nc2cc(C(F)(F)F)cnc2n1S. The number of hydrogen-bond donors (Lipinski definition) is 1. The van der Waals surface area contributed by atoms with Crippen LogP contribution >= 0.6 is 24.6 Å². The number of thiol groups is 1. The molecule has 2 heterocycles. The van der Waals surface area contributed by atoms with E-state index in [1.54, 1.807) is 11.8 Å². The summed E-state index contributed by atoms with van der Waals surface area (Å²) in [5.74, 6) is 1.35. The van der Waals surface area contributed by atoms with Crippen LogP contribution in [0.2, 0.25) is 0 Å². The Morgan fingerprint density at radius 1 is 1.26 bits per heavy atom. The van der Waals surface area contributed by atoms with Crippen molar-refractivity contribution in [3.63, 3.8) is 0 Å². The highest BCUT2D eigenvalue weighted by Gasteiger charge is 2.31. The standard InChI is InChI=1S/C15H12F3N3S2/c1-2-23-12-6-4-3-5-10(12)13-20-11-7-9(15(16,17)18)8-19-14(11)21(13)22/h3-8,22H,2H2,1H3. The van der Waals surface area contributed by atoms with E-state index in [4.69, 9.17) is 0 Å². The van der Waals surface area contributed by atoms with Gasteiger partial charge in [-0.05, 0) is 17.9 Å². The molecule has 0 aliphatic rings. The van der Waals surface area contributed by atoms with Gasteiger partial charge in [0.05, 0.1) is 5.56 Å². The Morgan fingerprint density at radius 2 is 2.00 bits per heavy atom. The van der Waals surface area contributed by atoms with E-state index in [0.29, 0.717) is 11.5 Å². The largest absolute Gasteiger partial charge is 0.417 e. The van der Waals surface area contributed by atoms with Gasteiger partial charge < -0.3 is 0 Å². The van der Waals surface area contributed by atoms with E-state index in [9.17, 15) is 13.2 Å². The number of halogens is 3. The molecule has 0 aliphatic heterocycles. The lowest BCUT2D eigenvalue weighted by Crippen LogP contribution is -2.05. The van der Waals surface area contributed by atoms with Gasteiger partial charge in [0.25, 0.3) is 0 Å². The second-order valence-electron chi connectivity index (χ2n) is 4.74. The van der Waals surface area contributed by atoms with Gasteiger partial charge in [0, 0.05) is 16.7 Å². The zero-order valence-electron chi connectivity index (χ0n) is 12.0. The van der Waals surface area contributed by atoms with Crippen LogP contribution in [0.3, 0.4) is 0 Å². The van der Waals surface area contributed by atoms with Crippen LogP contribution in [0.15, 0.2) is 41.4 Å². The number of hydrogen-bond acceptors (Lipinski definition) is 4. The number of alkyl halides is 3. The molecule has 0 N–H and O–H groups in total. The van der Waals surface area contributed by atoms with E-state index in [-0.39, 0.29) is 5.52 Å². The van der Waals surface area contributed by atoms with Gasteiger partial charge >= 0.3 is 6.18 Å². The summed E-state index contributed by atoms with van der Waals surface area (Å²) in [4.78, 5) is 9.17. The number of aromatic nitrogens is 3. The average Bonchev–Trinajstić information content (AvgIpc) is 2.84. The Hall–Kier alpha value is -1.67. The molecular weight excluding hydrogens is 343 g/mol. The number of imidazole rings is 1. The van der Waals surface area contributed by atoms with Crippen molar-refractivity contribution in [1.29, 1.82) is 0 Å². The smallest absolute Gasteiger partial charge is 0.252 e. The van der Waals surface area contributed by atoms with Crippen LogP contribution in [0.4, 0.5) is 13.2 Å². The minimum Gasteiger partial charge on any atom is -0.252 e. The third kappa shape index (κ3) is 3.05. The summed E-state index contributed by atoms with van der Waals surface area (Å²) in [6.07, 6.45) is -3.65. The first-order valence-electron chi connectivity index (χ1n) is 6.79. The van der Waals surface area contributed by atoms with Gasteiger partial charge in [0.15, 0.2) is 11.5 Å². The normalized spacial score (nSPS) is 12.0. The first kappa shape index (κ1) is 16.2. The fourth-order valence-corrected chi connectivity index (χ4v) is 3.32. The molecule has 3 rings (SSSR count). The molecule has 0 bridgehead atoms. The summed E-state index contributed by atoms with van der Waals surface area (Å²) in [5.41, 5.74) is 0.467. The number of pyridine rings is 1. The van der Waals surface area contributed by atoms with Crippen LogP contribution in [0, 0.1) is 0 Å². The highest BCUT2D eigenvalue weighted by Crippen LogP contribution is 2.35. The van der Waals surface area contributed by atoms with Crippen molar-refractivity contribution in [2.75, 3.05) is 5.75 Å². The molecular formula is C15H12F3N3S2. The maximum atomic E-state index is 12.8. The van der Waals surface area contributed by atoms with Gasteiger partial charge in [-0.1, -0.05) is 37.9 Å². The van der Waals surface area contributed by atoms with Crippen molar-refractivity contribution < 1.29 is 13.2 Å². The maximum absolute atomic E-state index is 12.8. The topological polar surface area (TPSA) is 30.7 Å².